The molecule has 1 aromatic heterocycles. The number of nitrogens with zero attached hydrogens (tertiary/aromatic N) is 3. The lowest BCUT2D eigenvalue weighted by molar-refractivity contribution is 0.0600. The molecule has 0 radical (unpaired) electrons. The first-order valence-corrected chi connectivity index (χ1v) is 9.56. The highest BCUT2D eigenvalue weighted by atomic mass is 35.5. The van der Waals surface area contributed by atoms with Crippen LogP contribution in [0.1, 0.15) is 10.4 Å². The van der Waals surface area contributed by atoms with Gasteiger partial charge in [-0.05, 0) is 42.5 Å². The van der Waals surface area contributed by atoms with Gasteiger partial charge in [-0.15, -0.1) is 0 Å². The molecule has 7 nitrogen and oxygen atoms in total. The molecule has 3 aromatic carbocycles. The molecule has 31 heavy (non-hydrogen) atoms. The number of phenolic OH excluding ortho intramolecular Hbond substituents is 2. The van der Waals surface area contributed by atoms with Gasteiger partial charge in [0, 0.05) is 10.6 Å². The van der Waals surface area contributed by atoms with Gasteiger partial charge in [-0.3, -0.25) is 0 Å². The maximum Gasteiger partial charge on any atom is 0.337 e. The summed E-state index contributed by atoms with van der Waals surface area (Å²) in [6.07, 6.45) is 0. The fourth-order valence-corrected chi connectivity index (χ4v) is 3.14. The number of ether oxygens (including phenoxy) is 1. The first kappa shape index (κ1) is 20.3. The number of phenols is 2. The standard InChI is InChI=1S/C23H16ClN3O4/c1-31-23(30)14-8-6-13(7-9-14)20-25-21(16-4-2-3-5-18(16)28)27-22(26-20)17-11-10-15(24)12-19(17)29/h2-12,28-29H,1H3. The van der Waals surface area contributed by atoms with Crippen LogP contribution in [0.3, 0.4) is 0 Å². The summed E-state index contributed by atoms with van der Waals surface area (Å²) >= 11 is 5.95. The Bertz CT molecular complexity index is 1280. The van der Waals surface area contributed by atoms with Crippen LogP contribution in [0.2, 0.25) is 5.02 Å². The van der Waals surface area contributed by atoms with Gasteiger partial charge in [-0.2, -0.15) is 0 Å². The van der Waals surface area contributed by atoms with Crippen molar-refractivity contribution in [1.82, 2.24) is 15.0 Å². The van der Waals surface area contributed by atoms with Crippen LogP contribution in [0.4, 0.5) is 0 Å². The monoisotopic (exact) mass is 433 g/mol. The largest absolute Gasteiger partial charge is 0.507 e. The minimum atomic E-state index is -0.455. The van der Waals surface area contributed by atoms with E-state index < -0.39 is 5.97 Å². The van der Waals surface area contributed by atoms with Crippen molar-refractivity contribution >= 4 is 17.6 Å². The predicted octanol–water partition coefficient (Wildman–Crippen LogP) is 4.72. The van der Waals surface area contributed by atoms with Gasteiger partial charge in [0.2, 0.25) is 0 Å². The molecule has 154 valence electrons. The number of rotatable bonds is 4. The average Bonchev–Trinajstić information content (AvgIpc) is 2.78. The van der Waals surface area contributed by atoms with Crippen LogP contribution in [-0.2, 0) is 4.74 Å². The Labute approximate surface area is 182 Å². The highest BCUT2D eigenvalue weighted by molar-refractivity contribution is 6.30. The van der Waals surface area contributed by atoms with Gasteiger partial charge >= 0.3 is 5.97 Å². The van der Waals surface area contributed by atoms with Gasteiger partial charge in [0.15, 0.2) is 17.5 Å². The minimum absolute atomic E-state index is 0.00645. The molecule has 0 saturated carbocycles. The Balaban J connectivity index is 1.89. The highest BCUT2D eigenvalue weighted by Crippen LogP contribution is 2.33. The molecule has 0 fully saturated rings. The molecule has 4 rings (SSSR count). The fourth-order valence-electron chi connectivity index (χ4n) is 2.98. The van der Waals surface area contributed by atoms with Crippen molar-refractivity contribution in [3.63, 3.8) is 0 Å². The molecule has 0 aliphatic carbocycles. The molecule has 1 heterocycles. The zero-order chi connectivity index (χ0) is 22.0. The van der Waals surface area contributed by atoms with Crippen LogP contribution in [0.5, 0.6) is 11.5 Å². The summed E-state index contributed by atoms with van der Waals surface area (Å²) in [6, 6.07) is 17.8. The van der Waals surface area contributed by atoms with Crippen molar-refractivity contribution in [2.45, 2.75) is 0 Å². The van der Waals surface area contributed by atoms with E-state index in [1.54, 1.807) is 54.6 Å². The molecular weight excluding hydrogens is 418 g/mol. The van der Waals surface area contributed by atoms with Crippen molar-refractivity contribution in [3.05, 3.63) is 77.3 Å². The molecule has 0 bridgehead atoms. The van der Waals surface area contributed by atoms with E-state index in [2.05, 4.69) is 15.0 Å². The maximum absolute atomic E-state index is 11.7. The van der Waals surface area contributed by atoms with Crippen molar-refractivity contribution in [1.29, 1.82) is 0 Å². The maximum atomic E-state index is 11.7. The van der Waals surface area contributed by atoms with Gasteiger partial charge in [-0.1, -0.05) is 35.9 Å². The molecule has 2 N–H and O–H groups in total. The summed E-state index contributed by atoms with van der Waals surface area (Å²) in [4.78, 5) is 25.1. The molecule has 8 heteroatoms. The number of aromatic nitrogens is 3. The van der Waals surface area contributed by atoms with Crippen LogP contribution in [0.25, 0.3) is 34.2 Å². The lowest BCUT2D eigenvalue weighted by Crippen LogP contribution is -2.02. The summed E-state index contributed by atoms with van der Waals surface area (Å²) in [7, 11) is 1.31. The number of aromatic hydroxyl groups is 2. The van der Waals surface area contributed by atoms with E-state index >= 15 is 0 Å². The van der Waals surface area contributed by atoms with E-state index in [1.165, 1.54) is 19.2 Å². The number of halogens is 1. The highest BCUT2D eigenvalue weighted by Gasteiger charge is 2.17. The third kappa shape index (κ3) is 4.17. The Morgan fingerprint density at radius 3 is 2.03 bits per heavy atom. The minimum Gasteiger partial charge on any atom is -0.507 e. The number of benzene rings is 3. The van der Waals surface area contributed by atoms with Gasteiger partial charge < -0.3 is 14.9 Å². The Morgan fingerprint density at radius 2 is 1.42 bits per heavy atom. The molecular formula is C23H16ClN3O4. The summed E-state index contributed by atoms with van der Waals surface area (Å²) in [5, 5.41) is 21.0. The van der Waals surface area contributed by atoms with E-state index in [-0.39, 0.29) is 23.1 Å². The van der Waals surface area contributed by atoms with Gasteiger partial charge in [0.05, 0.1) is 23.8 Å². The second-order valence-electron chi connectivity index (χ2n) is 6.55. The molecule has 0 aliphatic heterocycles. The lowest BCUT2D eigenvalue weighted by Gasteiger charge is -2.10. The third-order valence-corrected chi connectivity index (χ3v) is 4.78. The smallest absolute Gasteiger partial charge is 0.337 e. The summed E-state index contributed by atoms with van der Waals surface area (Å²) < 4.78 is 4.73. The number of methoxy groups -OCH3 is 1. The van der Waals surface area contributed by atoms with Gasteiger partial charge in [0.1, 0.15) is 11.5 Å². The Hall–Kier alpha value is -3.97. The van der Waals surface area contributed by atoms with E-state index in [0.29, 0.717) is 33.1 Å². The van der Waals surface area contributed by atoms with Crippen molar-refractivity contribution < 1.29 is 19.7 Å². The molecule has 0 unspecified atom stereocenters. The fraction of sp³-hybridized carbons (Fsp3) is 0.0435. The number of hydrogen-bond acceptors (Lipinski definition) is 7. The van der Waals surface area contributed by atoms with Crippen LogP contribution < -0.4 is 0 Å². The predicted molar refractivity (Wildman–Crippen MR) is 116 cm³/mol. The average molecular weight is 434 g/mol. The Morgan fingerprint density at radius 1 is 0.806 bits per heavy atom. The van der Waals surface area contributed by atoms with Gasteiger partial charge in [0.25, 0.3) is 0 Å². The number of carbonyl (C=O) groups excluding carboxylic acids is 1. The topological polar surface area (TPSA) is 105 Å². The molecule has 0 spiro atoms. The van der Waals surface area contributed by atoms with E-state index in [0.717, 1.165) is 0 Å². The second-order valence-corrected chi connectivity index (χ2v) is 6.99. The first-order valence-electron chi connectivity index (χ1n) is 9.18. The van der Waals surface area contributed by atoms with Crippen LogP contribution in [0.15, 0.2) is 66.7 Å². The van der Waals surface area contributed by atoms with Crippen LogP contribution in [0, 0.1) is 0 Å². The molecule has 0 atom stereocenters. The number of carbonyl (C=O) groups is 1. The number of hydrogen-bond donors (Lipinski definition) is 2. The van der Waals surface area contributed by atoms with E-state index in [1.807, 2.05) is 0 Å². The molecule has 0 saturated heterocycles. The first-order chi connectivity index (χ1) is 15.0. The third-order valence-electron chi connectivity index (χ3n) is 4.55. The molecule has 0 amide bonds. The Kier molecular flexibility index (Phi) is 5.51. The zero-order valence-electron chi connectivity index (χ0n) is 16.3. The number of para-hydroxylation sites is 1. The van der Waals surface area contributed by atoms with Crippen molar-refractivity contribution in [3.8, 4) is 45.7 Å². The number of esters is 1. The van der Waals surface area contributed by atoms with E-state index in [9.17, 15) is 15.0 Å². The second kappa shape index (κ2) is 8.41. The van der Waals surface area contributed by atoms with Crippen molar-refractivity contribution in [2.75, 3.05) is 7.11 Å². The van der Waals surface area contributed by atoms with E-state index in [4.69, 9.17) is 16.3 Å². The quantitative estimate of drug-likeness (QED) is 0.448. The lowest BCUT2D eigenvalue weighted by atomic mass is 10.1. The normalized spacial score (nSPS) is 10.6. The summed E-state index contributed by atoms with van der Waals surface area (Å²) in [5.74, 6) is 0.192. The molecule has 0 aliphatic rings. The molecule has 4 aromatic rings. The van der Waals surface area contributed by atoms with Crippen LogP contribution >= 0.6 is 11.6 Å². The van der Waals surface area contributed by atoms with Crippen LogP contribution in [-0.4, -0.2) is 38.2 Å². The SMILES string of the molecule is COC(=O)c1ccc(-c2nc(-c3ccccc3O)nc(-c3ccc(Cl)cc3O)n2)cc1. The zero-order valence-corrected chi connectivity index (χ0v) is 17.0. The summed E-state index contributed by atoms with van der Waals surface area (Å²) in [5.41, 5.74) is 1.76. The van der Waals surface area contributed by atoms with Crippen molar-refractivity contribution in [2.24, 2.45) is 0 Å². The summed E-state index contributed by atoms with van der Waals surface area (Å²) in [6.45, 7) is 0. The van der Waals surface area contributed by atoms with Gasteiger partial charge in [-0.25, -0.2) is 19.7 Å².